The highest BCUT2D eigenvalue weighted by Crippen LogP contribution is 2.18. The number of ether oxygens (including phenoxy) is 1. The summed E-state index contributed by atoms with van der Waals surface area (Å²) < 4.78 is 4.63. The molecular formula is C11H20N2O4. The minimum Gasteiger partial charge on any atom is -0.469 e. The lowest BCUT2D eigenvalue weighted by atomic mass is 10.1. The molecule has 0 saturated carbocycles. The first kappa shape index (κ1) is 13.9. The first-order chi connectivity index (χ1) is 8.19. The van der Waals surface area contributed by atoms with Gasteiger partial charge in [0.2, 0.25) is 5.91 Å². The molecule has 1 heterocycles. The molecule has 1 fully saturated rings. The maximum absolute atomic E-state index is 11.6. The van der Waals surface area contributed by atoms with Gasteiger partial charge in [-0.3, -0.25) is 9.59 Å². The van der Waals surface area contributed by atoms with Crippen LogP contribution in [0.3, 0.4) is 0 Å². The Morgan fingerprint density at radius 3 is 3.00 bits per heavy atom. The lowest BCUT2D eigenvalue weighted by Crippen LogP contribution is -2.30. The predicted molar refractivity (Wildman–Crippen MR) is 61.3 cm³/mol. The first-order valence-electron chi connectivity index (χ1n) is 5.86. The van der Waals surface area contributed by atoms with Crippen molar-refractivity contribution in [3.8, 4) is 0 Å². The number of esters is 1. The summed E-state index contributed by atoms with van der Waals surface area (Å²) in [6.07, 6.45) is 1.08. The van der Waals surface area contributed by atoms with Crippen molar-refractivity contribution >= 4 is 11.9 Å². The topological polar surface area (TPSA) is 78.9 Å². The van der Waals surface area contributed by atoms with E-state index < -0.39 is 0 Å². The summed E-state index contributed by atoms with van der Waals surface area (Å²) in [5.74, 6) is -0.597. The second-order valence-corrected chi connectivity index (χ2v) is 4.09. The molecule has 0 radical (unpaired) electrons. The molecule has 0 aromatic carbocycles. The van der Waals surface area contributed by atoms with Gasteiger partial charge in [-0.05, 0) is 13.0 Å². The summed E-state index contributed by atoms with van der Waals surface area (Å²) in [6.45, 7) is 2.55. The van der Waals surface area contributed by atoms with Crippen LogP contribution < -0.4 is 5.32 Å². The summed E-state index contributed by atoms with van der Waals surface area (Å²) in [6, 6.07) is 0. The Kier molecular flexibility index (Phi) is 5.93. The number of carbonyl (C=O) groups is 2. The van der Waals surface area contributed by atoms with Gasteiger partial charge >= 0.3 is 5.97 Å². The van der Waals surface area contributed by atoms with E-state index in [0.29, 0.717) is 19.6 Å². The van der Waals surface area contributed by atoms with E-state index >= 15 is 0 Å². The summed E-state index contributed by atoms with van der Waals surface area (Å²) in [7, 11) is 1.34. The van der Waals surface area contributed by atoms with Gasteiger partial charge in [-0.25, -0.2) is 0 Å². The SMILES string of the molecule is COC(=O)C1CC(=O)N(CCCNCCO)C1. The standard InChI is InChI=1S/C11H20N2O4/c1-17-11(16)9-7-10(15)13(8-9)5-2-3-12-4-6-14/h9,12,14H,2-8H2,1H3. The van der Waals surface area contributed by atoms with E-state index in [9.17, 15) is 9.59 Å². The van der Waals surface area contributed by atoms with Crippen LogP contribution in [0.25, 0.3) is 0 Å². The molecule has 2 N–H and O–H groups in total. The number of methoxy groups -OCH3 is 1. The molecule has 6 nitrogen and oxygen atoms in total. The molecule has 1 atom stereocenters. The Labute approximate surface area is 101 Å². The fraction of sp³-hybridized carbons (Fsp3) is 0.818. The average molecular weight is 244 g/mol. The van der Waals surface area contributed by atoms with Crippen LogP contribution in [-0.2, 0) is 14.3 Å². The highest BCUT2D eigenvalue weighted by atomic mass is 16.5. The van der Waals surface area contributed by atoms with Crippen LogP contribution in [0, 0.1) is 5.92 Å². The van der Waals surface area contributed by atoms with Crippen molar-refractivity contribution in [2.75, 3.05) is 39.9 Å². The fourth-order valence-corrected chi connectivity index (χ4v) is 1.91. The van der Waals surface area contributed by atoms with Gasteiger partial charge in [0.25, 0.3) is 0 Å². The number of nitrogens with zero attached hydrogens (tertiary/aromatic N) is 1. The van der Waals surface area contributed by atoms with Gasteiger partial charge < -0.3 is 20.1 Å². The summed E-state index contributed by atoms with van der Waals surface area (Å²) in [5, 5.41) is 11.6. The second-order valence-electron chi connectivity index (χ2n) is 4.09. The Morgan fingerprint density at radius 1 is 1.59 bits per heavy atom. The summed E-state index contributed by atoms with van der Waals surface area (Å²) in [5.41, 5.74) is 0. The van der Waals surface area contributed by atoms with Crippen LogP contribution in [0.5, 0.6) is 0 Å². The summed E-state index contributed by atoms with van der Waals surface area (Å²) >= 11 is 0. The van der Waals surface area contributed by atoms with Gasteiger partial charge in [0, 0.05) is 26.1 Å². The van der Waals surface area contributed by atoms with Crippen LogP contribution in [0.15, 0.2) is 0 Å². The Bertz CT molecular complexity index is 270. The fourth-order valence-electron chi connectivity index (χ4n) is 1.91. The first-order valence-corrected chi connectivity index (χ1v) is 5.86. The average Bonchev–Trinajstić information content (AvgIpc) is 2.70. The number of likely N-dealkylation sites (tertiary alicyclic amines) is 1. The van der Waals surface area contributed by atoms with Crippen LogP contribution in [-0.4, -0.2) is 61.8 Å². The molecule has 0 spiro atoms. The number of aliphatic hydroxyl groups excluding tert-OH is 1. The highest BCUT2D eigenvalue weighted by Gasteiger charge is 2.34. The molecule has 0 bridgehead atoms. The minimum absolute atomic E-state index is 0.0163. The van der Waals surface area contributed by atoms with Crippen molar-refractivity contribution < 1.29 is 19.4 Å². The number of amides is 1. The predicted octanol–water partition coefficient (Wildman–Crippen LogP) is -1.02. The number of aliphatic hydroxyl groups is 1. The molecule has 1 aliphatic rings. The maximum Gasteiger partial charge on any atom is 0.310 e. The molecule has 0 aromatic heterocycles. The Morgan fingerprint density at radius 2 is 2.35 bits per heavy atom. The van der Waals surface area contributed by atoms with E-state index in [0.717, 1.165) is 13.0 Å². The van der Waals surface area contributed by atoms with E-state index in [1.54, 1.807) is 4.90 Å². The van der Waals surface area contributed by atoms with E-state index in [1.807, 2.05) is 0 Å². The molecule has 17 heavy (non-hydrogen) atoms. The zero-order valence-electron chi connectivity index (χ0n) is 10.1. The normalized spacial score (nSPS) is 19.8. The molecule has 1 saturated heterocycles. The lowest BCUT2D eigenvalue weighted by molar-refractivity contribution is -0.145. The number of carbonyl (C=O) groups excluding carboxylic acids is 2. The zero-order chi connectivity index (χ0) is 12.7. The Balaban J connectivity index is 2.21. The quantitative estimate of drug-likeness (QED) is 0.443. The molecule has 1 unspecified atom stereocenters. The lowest BCUT2D eigenvalue weighted by Gasteiger charge is -2.16. The third kappa shape index (κ3) is 4.32. The van der Waals surface area contributed by atoms with Gasteiger partial charge in [0.05, 0.1) is 19.6 Å². The van der Waals surface area contributed by atoms with E-state index in [1.165, 1.54) is 7.11 Å². The van der Waals surface area contributed by atoms with E-state index in [-0.39, 0.29) is 30.8 Å². The van der Waals surface area contributed by atoms with E-state index in [2.05, 4.69) is 10.1 Å². The third-order valence-corrected chi connectivity index (χ3v) is 2.82. The molecule has 0 aromatic rings. The smallest absolute Gasteiger partial charge is 0.310 e. The maximum atomic E-state index is 11.6. The number of hydrogen-bond donors (Lipinski definition) is 2. The largest absolute Gasteiger partial charge is 0.469 e. The molecule has 0 aliphatic carbocycles. The zero-order valence-corrected chi connectivity index (χ0v) is 10.1. The van der Waals surface area contributed by atoms with Gasteiger partial charge in [0.1, 0.15) is 0 Å². The van der Waals surface area contributed by atoms with Crippen LogP contribution in [0.2, 0.25) is 0 Å². The Hall–Kier alpha value is -1.14. The summed E-state index contributed by atoms with van der Waals surface area (Å²) in [4.78, 5) is 24.6. The van der Waals surface area contributed by atoms with Gasteiger partial charge in [0.15, 0.2) is 0 Å². The monoisotopic (exact) mass is 244 g/mol. The van der Waals surface area contributed by atoms with Crippen molar-refractivity contribution in [2.45, 2.75) is 12.8 Å². The van der Waals surface area contributed by atoms with E-state index in [4.69, 9.17) is 5.11 Å². The molecule has 1 aliphatic heterocycles. The second kappa shape index (κ2) is 7.24. The van der Waals surface area contributed by atoms with Crippen LogP contribution in [0.1, 0.15) is 12.8 Å². The minimum atomic E-state index is -0.307. The molecule has 6 heteroatoms. The van der Waals surface area contributed by atoms with Gasteiger partial charge in [-0.15, -0.1) is 0 Å². The number of hydrogen-bond acceptors (Lipinski definition) is 5. The van der Waals surface area contributed by atoms with Crippen molar-refractivity contribution in [1.82, 2.24) is 10.2 Å². The highest BCUT2D eigenvalue weighted by molar-refractivity contribution is 5.86. The van der Waals surface area contributed by atoms with Crippen LogP contribution >= 0.6 is 0 Å². The van der Waals surface area contributed by atoms with Crippen molar-refractivity contribution in [2.24, 2.45) is 5.92 Å². The van der Waals surface area contributed by atoms with Gasteiger partial charge in [-0.1, -0.05) is 0 Å². The van der Waals surface area contributed by atoms with Gasteiger partial charge in [-0.2, -0.15) is 0 Å². The van der Waals surface area contributed by atoms with Crippen molar-refractivity contribution in [1.29, 1.82) is 0 Å². The van der Waals surface area contributed by atoms with Crippen molar-refractivity contribution in [3.05, 3.63) is 0 Å². The number of rotatable bonds is 7. The molecule has 1 rings (SSSR count). The molecular weight excluding hydrogens is 224 g/mol. The van der Waals surface area contributed by atoms with Crippen molar-refractivity contribution in [3.63, 3.8) is 0 Å². The molecule has 98 valence electrons. The molecule has 1 amide bonds. The number of nitrogens with one attached hydrogen (secondary N) is 1. The third-order valence-electron chi connectivity index (χ3n) is 2.82. The van der Waals surface area contributed by atoms with Crippen LogP contribution in [0.4, 0.5) is 0 Å².